The van der Waals surface area contributed by atoms with Gasteiger partial charge >= 0.3 is 0 Å². The molecule has 3 nitrogen and oxygen atoms in total. The van der Waals surface area contributed by atoms with Gasteiger partial charge in [0.25, 0.3) is 0 Å². The van der Waals surface area contributed by atoms with Gasteiger partial charge in [0, 0.05) is 14.0 Å². The molecule has 18 heavy (non-hydrogen) atoms. The first-order valence-corrected chi connectivity index (χ1v) is 6.46. The van der Waals surface area contributed by atoms with E-state index in [0.717, 1.165) is 17.7 Å². The quantitative estimate of drug-likeness (QED) is 0.821. The predicted molar refractivity (Wildman–Crippen MR) is 75.3 cm³/mol. The molecule has 0 saturated heterocycles. The number of carbonyl (C=O) groups excluding carboxylic acids is 1. The molecule has 0 radical (unpaired) electrons. The fraction of sp³-hybridized carbons (Fsp3) is 0.500. The second kappa shape index (κ2) is 6.76. The van der Waals surface area contributed by atoms with Crippen LogP contribution in [-0.4, -0.2) is 25.7 Å². The average Bonchev–Trinajstić information content (AvgIpc) is 2.31. The molecule has 1 aromatic rings. The Morgan fingerprint density at radius 3 is 2.67 bits per heavy atom. The summed E-state index contributed by atoms with van der Waals surface area (Å²) in [7, 11) is 1.63. The Kier molecular flexibility index (Phi) is 5.63. The third kappa shape index (κ3) is 3.24. The molecule has 1 aromatic carbocycles. The monoisotopic (exact) mass is 269 g/mol. The first-order chi connectivity index (χ1) is 8.52. The van der Waals surface area contributed by atoms with E-state index in [1.54, 1.807) is 18.9 Å². The molecular weight excluding hydrogens is 250 g/mol. The van der Waals surface area contributed by atoms with Crippen LogP contribution in [0.4, 0.5) is 5.69 Å². The molecule has 0 spiro atoms. The molecule has 4 heteroatoms. The molecule has 1 atom stereocenters. The highest BCUT2D eigenvalue weighted by Gasteiger charge is 2.23. The van der Waals surface area contributed by atoms with Crippen LogP contribution < -0.4 is 4.90 Å². The van der Waals surface area contributed by atoms with Crippen LogP contribution in [0.15, 0.2) is 18.2 Å². The van der Waals surface area contributed by atoms with E-state index in [-0.39, 0.29) is 11.9 Å². The van der Waals surface area contributed by atoms with Crippen molar-refractivity contribution in [2.45, 2.75) is 33.2 Å². The minimum atomic E-state index is -0.0438. The minimum Gasteiger partial charge on any atom is -0.383 e. The maximum Gasteiger partial charge on any atom is 0.224 e. The van der Waals surface area contributed by atoms with Gasteiger partial charge in [0.15, 0.2) is 0 Å². The lowest BCUT2D eigenvalue weighted by Gasteiger charge is -2.30. The van der Waals surface area contributed by atoms with Crippen molar-refractivity contribution < 1.29 is 9.53 Å². The van der Waals surface area contributed by atoms with Crippen molar-refractivity contribution in [1.82, 2.24) is 0 Å². The Morgan fingerprint density at radius 1 is 1.50 bits per heavy atom. The zero-order valence-corrected chi connectivity index (χ0v) is 12.1. The molecule has 0 aromatic heterocycles. The van der Waals surface area contributed by atoms with E-state index < -0.39 is 0 Å². The number of hydrogen-bond acceptors (Lipinski definition) is 2. The van der Waals surface area contributed by atoms with E-state index >= 15 is 0 Å². The van der Waals surface area contributed by atoms with Crippen molar-refractivity contribution in [3.8, 4) is 0 Å². The number of ether oxygens (including phenoxy) is 1. The van der Waals surface area contributed by atoms with E-state index in [0.29, 0.717) is 11.6 Å². The van der Waals surface area contributed by atoms with Crippen LogP contribution in [0.2, 0.25) is 5.02 Å². The third-order valence-electron chi connectivity index (χ3n) is 2.88. The first kappa shape index (κ1) is 15.0. The van der Waals surface area contributed by atoms with Gasteiger partial charge in [0.05, 0.1) is 23.4 Å². The van der Waals surface area contributed by atoms with Gasteiger partial charge in [-0.25, -0.2) is 0 Å². The first-order valence-electron chi connectivity index (χ1n) is 6.09. The van der Waals surface area contributed by atoms with Crippen molar-refractivity contribution >= 4 is 23.2 Å². The van der Waals surface area contributed by atoms with Gasteiger partial charge in [-0.05, 0) is 25.0 Å². The lowest BCUT2D eigenvalue weighted by Crippen LogP contribution is -2.40. The van der Waals surface area contributed by atoms with Crippen molar-refractivity contribution in [2.75, 3.05) is 18.6 Å². The number of methoxy groups -OCH3 is 1. The number of nitrogens with zero attached hydrogens (tertiary/aromatic N) is 1. The van der Waals surface area contributed by atoms with Crippen LogP contribution in [0.5, 0.6) is 0 Å². The Morgan fingerprint density at radius 2 is 2.17 bits per heavy atom. The predicted octanol–water partition coefficient (Wildman–Crippen LogP) is 3.29. The van der Waals surface area contributed by atoms with Gasteiger partial charge in [-0.1, -0.05) is 30.7 Å². The van der Waals surface area contributed by atoms with E-state index in [1.165, 1.54) is 0 Å². The van der Waals surface area contributed by atoms with Gasteiger partial charge in [-0.15, -0.1) is 0 Å². The average molecular weight is 270 g/mol. The van der Waals surface area contributed by atoms with Crippen LogP contribution in [0.25, 0.3) is 0 Å². The Balaban J connectivity index is 3.25. The highest BCUT2D eigenvalue weighted by molar-refractivity contribution is 6.34. The van der Waals surface area contributed by atoms with Crippen LogP contribution in [0.3, 0.4) is 0 Å². The number of amides is 1. The van der Waals surface area contributed by atoms with E-state index in [4.69, 9.17) is 16.3 Å². The molecule has 0 aliphatic carbocycles. The number of hydrogen-bond donors (Lipinski definition) is 0. The summed E-state index contributed by atoms with van der Waals surface area (Å²) in [4.78, 5) is 13.6. The fourth-order valence-electron chi connectivity index (χ4n) is 2.12. The number of aryl methyl sites for hydroxylation is 1. The normalized spacial score (nSPS) is 12.3. The Labute approximate surface area is 114 Å². The molecule has 1 rings (SSSR count). The standard InChI is InChI=1S/C14H20ClNO2/c1-5-12-7-6-8-13(15)14(12)16(11(3)17)10(2)9-18-4/h6-8,10H,5,9H2,1-4H3. The van der Waals surface area contributed by atoms with Gasteiger partial charge in [0.1, 0.15) is 0 Å². The second-order valence-electron chi connectivity index (χ2n) is 4.29. The topological polar surface area (TPSA) is 29.5 Å². The highest BCUT2D eigenvalue weighted by atomic mass is 35.5. The van der Waals surface area contributed by atoms with Crippen LogP contribution in [0, 0.1) is 0 Å². The second-order valence-corrected chi connectivity index (χ2v) is 4.70. The van der Waals surface area contributed by atoms with E-state index in [9.17, 15) is 4.79 Å². The summed E-state index contributed by atoms with van der Waals surface area (Å²) >= 11 is 6.26. The summed E-state index contributed by atoms with van der Waals surface area (Å²) in [6.45, 7) is 6.03. The maximum absolute atomic E-state index is 11.9. The third-order valence-corrected chi connectivity index (χ3v) is 3.19. The smallest absolute Gasteiger partial charge is 0.224 e. The number of rotatable bonds is 5. The van der Waals surface area contributed by atoms with Crippen molar-refractivity contribution in [3.63, 3.8) is 0 Å². The summed E-state index contributed by atoms with van der Waals surface area (Å²) in [5.74, 6) is -0.0256. The van der Waals surface area contributed by atoms with Gasteiger partial charge in [0.2, 0.25) is 5.91 Å². The van der Waals surface area contributed by atoms with Gasteiger partial charge in [-0.3, -0.25) is 4.79 Å². The zero-order chi connectivity index (χ0) is 13.7. The maximum atomic E-state index is 11.9. The number of carbonyl (C=O) groups is 1. The molecule has 100 valence electrons. The molecule has 0 saturated carbocycles. The molecular formula is C14H20ClNO2. The summed E-state index contributed by atoms with van der Waals surface area (Å²) < 4.78 is 5.13. The number of halogens is 1. The zero-order valence-electron chi connectivity index (χ0n) is 11.4. The molecule has 0 N–H and O–H groups in total. The molecule has 0 heterocycles. The number of anilines is 1. The summed E-state index contributed by atoms with van der Waals surface area (Å²) in [5, 5.41) is 0.604. The lowest BCUT2D eigenvalue weighted by atomic mass is 10.1. The van der Waals surface area contributed by atoms with E-state index in [1.807, 2.05) is 25.1 Å². The van der Waals surface area contributed by atoms with Crippen LogP contribution in [-0.2, 0) is 16.0 Å². The number of benzene rings is 1. The van der Waals surface area contributed by atoms with Crippen LogP contribution in [0.1, 0.15) is 26.3 Å². The van der Waals surface area contributed by atoms with Crippen molar-refractivity contribution in [1.29, 1.82) is 0 Å². The van der Waals surface area contributed by atoms with E-state index in [2.05, 4.69) is 6.92 Å². The largest absolute Gasteiger partial charge is 0.383 e. The SMILES string of the molecule is CCc1cccc(Cl)c1N(C(C)=O)C(C)COC. The van der Waals surface area contributed by atoms with Gasteiger partial charge < -0.3 is 9.64 Å². The molecule has 0 fully saturated rings. The minimum absolute atomic E-state index is 0.0256. The van der Waals surface area contributed by atoms with Crippen LogP contribution >= 0.6 is 11.6 Å². The molecule has 0 bridgehead atoms. The molecule has 0 aliphatic rings. The number of para-hydroxylation sites is 1. The summed E-state index contributed by atoms with van der Waals surface area (Å²) in [5.41, 5.74) is 1.87. The highest BCUT2D eigenvalue weighted by Crippen LogP contribution is 2.32. The molecule has 1 unspecified atom stereocenters. The lowest BCUT2D eigenvalue weighted by molar-refractivity contribution is -0.117. The van der Waals surface area contributed by atoms with Gasteiger partial charge in [-0.2, -0.15) is 0 Å². The Bertz CT molecular complexity index is 420. The van der Waals surface area contributed by atoms with Crippen molar-refractivity contribution in [2.24, 2.45) is 0 Å². The molecule has 1 amide bonds. The summed E-state index contributed by atoms with van der Waals surface area (Å²) in [6, 6.07) is 5.67. The Hall–Kier alpha value is -1.06. The summed E-state index contributed by atoms with van der Waals surface area (Å²) in [6.07, 6.45) is 0.833. The fourth-order valence-corrected chi connectivity index (χ4v) is 2.40. The molecule has 0 aliphatic heterocycles. The van der Waals surface area contributed by atoms with Crippen molar-refractivity contribution in [3.05, 3.63) is 28.8 Å².